The lowest BCUT2D eigenvalue weighted by Crippen LogP contribution is -2.30. The molecule has 2 nitrogen and oxygen atoms in total. The molecular formula is C10H20NOP. The lowest BCUT2D eigenvalue weighted by atomic mass is 10.2. The molecule has 13 heavy (non-hydrogen) atoms. The minimum absolute atomic E-state index is 0.181. The van der Waals surface area contributed by atoms with E-state index in [0.717, 1.165) is 0 Å². The molecule has 76 valence electrons. The van der Waals surface area contributed by atoms with Gasteiger partial charge in [-0.15, -0.1) is 0 Å². The number of hydrogen-bond acceptors (Lipinski definition) is 2. The van der Waals surface area contributed by atoms with Crippen molar-refractivity contribution >= 4 is 7.14 Å². The van der Waals surface area contributed by atoms with E-state index in [2.05, 4.69) is 6.07 Å². The molecule has 0 radical (unpaired) electrons. The smallest absolute Gasteiger partial charge is 0.111 e. The first-order valence-corrected chi connectivity index (χ1v) is 6.42. The second kappa shape index (κ2) is 3.46. The molecule has 0 heterocycles. The zero-order valence-corrected chi connectivity index (χ0v) is 10.4. The van der Waals surface area contributed by atoms with E-state index in [4.69, 9.17) is 5.26 Å². The first kappa shape index (κ1) is 12.7. The van der Waals surface area contributed by atoms with E-state index in [1.54, 1.807) is 0 Å². The summed E-state index contributed by atoms with van der Waals surface area (Å²) >= 11 is 0. The molecule has 0 aliphatic heterocycles. The summed E-state index contributed by atoms with van der Waals surface area (Å²) in [4.78, 5) is 0. The van der Waals surface area contributed by atoms with Crippen LogP contribution in [0.4, 0.5) is 0 Å². The average Bonchev–Trinajstić information content (AvgIpc) is 1.82. The standard InChI is InChI=1S/C10H20NOP/c1-9(2,3)13(12,8-7-11)10(4,5)6/h8H2,1-6H3. The van der Waals surface area contributed by atoms with Crippen molar-refractivity contribution in [2.75, 3.05) is 6.16 Å². The Balaban J connectivity index is 5.26. The molecule has 0 bridgehead atoms. The average molecular weight is 201 g/mol. The summed E-state index contributed by atoms with van der Waals surface area (Å²) in [6.45, 7) is 11.7. The summed E-state index contributed by atoms with van der Waals surface area (Å²) in [5.74, 6) is 0. The quantitative estimate of drug-likeness (QED) is 0.609. The first-order valence-electron chi connectivity index (χ1n) is 4.52. The van der Waals surface area contributed by atoms with Gasteiger partial charge in [0.05, 0.1) is 12.2 Å². The molecule has 0 aromatic carbocycles. The Kier molecular flexibility index (Phi) is 3.39. The third-order valence-electron chi connectivity index (χ3n) is 2.46. The lowest BCUT2D eigenvalue weighted by molar-refractivity contribution is 0.521. The van der Waals surface area contributed by atoms with Crippen LogP contribution in [0.1, 0.15) is 41.5 Å². The molecule has 0 aromatic heterocycles. The van der Waals surface area contributed by atoms with E-state index < -0.39 is 7.14 Å². The highest BCUT2D eigenvalue weighted by Crippen LogP contribution is 2.66. The third kappa shape index (κ3) is 2.35. The Bertz CT molecular complexity index is 244. The fourth-order valence-corrected chi connectivity index (χ4v) is 4.74. The van der Waals surface area contributed by atoms with Gasteiger partial charge in [-0.1, -0.05) is 41.5 Å². The normalized spacial score (nSPS) is 13.9. The molecule has 0 saturated carbocycles. The molecule has 0 spiro atoms. The maximum atomic E-state index is 12.6. The number of nitriles is 1. The van der Waals surface area contributed by atoms with Crippen molar-refractivity contribution in [3.8, 4) is 6.07 Å². The maximum absolute atomic E-state index is 12.6. The molecule has 0 aliphatic rings. The van der Waals surface area contributed by atoms with Gasteiger partial charge in [0.15, 0.2) is 0 Å². The van der Waals surface area contributed by atoms with Crippen molar-refractivity contribution in [2.45, 2.75) is 51.9 Å². The Labute approximate surface area is 81.7 Å². The molecule has 0 saturated heterocycles. The second-order valence-corrected chi connectivity index (χ2v) is 9.88. The van der Waals surface area contributed by atoms with E-state index in [9.17, 15) is 4.57 Å². The Hall–Kier alpha value is -0.280. The van der Waals surface area contributed by atoms with Crippen LogP contribution in [0, 0.1) is 11.3 Å². The van der Waals surface area contributed by atoms with Gasteiger partial charge in [-0.25, -0.2) is 0 Å². The van der Waals surface area contributed by atoms with E-state index in [1.165, 1.54) is 0 Å². The van der Waals surface area contributed by atoms with Crippen LogP contribution in [0.5, 0.6) is 0 Å². The predicted molar refractivity (Wildman–Crippen MR) is 57.6 cm³/mol. The lowest BCUT2D eigenvalue weighted by Gasteiger charge is -2.39. The summed E-state index contributed by atoms with van der Waals surface area (Å²) in [7, 11) is -2.45. The van der Waals surface area contributed by atoms with Crippen molar-refractivity contribution in [1.82, 2.24) is 0 Å². The summed E-state index contributed by atoms with van der Waals surface area (Å²) in [5.41, 5.74) is 0. The zero-order valence-electron chi connectivity index (χ0n) is 9.51. The molecule has 3 heteroatoms. The highest BCUT2D eigenvalue weighted by atomic mass is 31.2. The SMILES string of the molecule is CC(C)(C)P(=O)(CC#N)C(C)(C)C. The molecule has 0 aromatic rings. The van der Waals surface area contributed by atoms with Gasteiger partial charge >= 0.3 is 0 Å². The van der Waals surface area contributed by atoms with Crippen LogP contribution in [0.15, 0.2) is 0 Å². The molecule has 0 amide bonds. The highest BCUT2D eigenvalue weighted by molar-refractivity contribution is 7.67. The second-order valence-electron chi connectivity index (χ2n) is 5.40. The van der Waals surface area contributed by atoms with Crippen molar-refractivity contribution in [3.05, 3.63) is 0 Å². The van der Waals surface area contributed by atoms with Gasteiger partial charge in [0.25, 0.3) is 0 Å². The fourth-order valence-electron chi connectivity index (χ4n) is 1.58. The molecule has 0 aliphatic carbocycles. The first-order chi connectivity index (χ1) is 5.56. The number of hydrogen-bond donors (Lipinski definition) is 0. The third-order valence-corrected chi connectivity index (χ3v) is 7.38. The topological polar surface area (TPSA) is 40.9 Å². The number of rotatable bonds is 1. The Morgan fingerprint density at radius 3 is 1.46 bits per heavy atom. The molecule has 0 atom stereocenters. The van der Waals surface area contributed by atoms with E-state index >= 15 is 0 Å². The van der Waals surface area contributed by atoms with Crippen LogP contribution in [-0.2, 0) is 4.57 Å². The van der Waals surface area contributed by atoms with Crippen LogP contribution in [-0.4, -0.2) is 16.5 Å². The monoisotopic (exact) mass is 201 g/mol. The summed E-state index contributed by atoms with van der Waals surface area (Å²) in [6, 6.07) is 2.06. The zero-order chi connectivity index (χ0) is 10.9. The molecular weight excluding hydrogens is 181 g/mol. The molecule has 0 fully saturated rings. The van der Waals surface area contributed by atoms with Crippen LogP contribution in [0.2, 0.25) is 0 Å². The Morgan fingerprint density at radius 1 is 1.08 bits per heavy atom. The van der Waals surface area contributed by atoms with Gasteiger partial charge in [0, 0.05) is 10.3 Å². The summed E-state index contributed by atoms with van der Waals surface area (Å²) < 4.78 is 12.6. The van der Waals surface area contributed by atoms with Crippen LogP contribution >= 0.6 is 7.14 Å². The van der Waals surface area contributed by atoms with Gasteiger partial charge in [0.1, 0.15) is 7.14 Å². The van der Waals surface area contributed by atoms with Crippen molar-refractivity contribution in [2.24, 2.45) is 0 Å². The summed E-state index contributed by atoms with van der Waals surface area (Å²) in [6.07, 6.45) is 0.181. The van der Waals surface area contributed by atoms with Crippen molar-refractivity contribution in [1.29, 1.82) is 5.26 Å². The summed E-state index contributed by atoms with van der Waals surface area (Å²) in [5, 5.41) is 8.15. The van der Waals surface area contributed by atoms with Crippen molar-refractivity contribution < 1.29 is 4.57 Å². The van der Waals surface area contributed by atoms with E-state index in [-0.39, 0.29) is 16.5 Å². The maximum Gasteiger partial charge on any atom is 0.111 e. The van der Waals surface area contributed by atoms with Gasteiger partial charge in [-0.3, -0.25) is 0 Å². The molecule has 0 unspecified atom stereocenters. The van der Waals surface area contributed by atoms with Crippen LogP contribution < -0.4 is 0 Å². The highest BCUT2D eigenvalue weighted by Gasteiger charge is 2.45. The van der Waals surface area contributed by atoms with E-state index in [0.29, 0.717) is 0 Å². The predicted octanol–water partition coefficient (Wildman–Crippen LogP) is 3.47. The van der Waals surface area contributed by atoms with Crippen molar-refractivity contribution in [3.63, 3.8) is 0 Å². The van der Waals surface area contributed by atoms with Crippen LogP contribution in [0.3, 0.4) is 0 Å². The molecule has 0 N–H and O–H groups in total. The minimum Gasteiger partial charge on any atom is -0.321 e. The minimum atomic E-state index is -2.45. The van der Waals surface area contributed by atoms with Gasteiger partial charge in [-0.2, -0.15) is 5.26 Å². The van der Waals surface area contributed by atoms with E-state index in [1.807, 2.05) is 41.5 Å². The van der Waals surface area contributed by atoms with Gasteiger partial charge in [0.2, 0.25) is 0 Å². The van der Waals surface area contributed by atoms with Gasteiger partial charge < -0.3 is 4.57 Å². The fraction of sp³-hybridized carbons (Fsp3) is 0.900. The van der Waals surface area contributed by atoms with Gasteiger partial charge in [-0.05, 0) is 0 Å². The molecule has 0 rings (SSSR count). The largest absolute Gasteiger partial charge is 0.321 e. The number of nitrogens with zero attached hydrogens (tertiary/aromatic N) is 1. The van der Waals surface area contributed by atoms with Crippen LogP contribution in [0.25, 0.3) is 0 Å². The Morgan fingerprint density at radius 2 is 1.38 bits per heavy atom.